The van der Waals surface area contributed by atoms with Crippen LogP contribution in [0.1, 0.15) is 31.2 Å². The van der Waals surface area contributed by atoms with Crippen molar-refractivity contribution in [2.45, 2.75) is 37.1 Å². The quantitative estimate of drug-likeness (QED) is 0.468. The third-order valence-corrected chi connectivity index (χ3v) is 6.71. The van der Waals surface area contributed by atoms with Crippen LogP contribution in [0.5, 0.6) is 17.2 Å². The third-order valence-electron chi connectivity index (χ3n) is 6.71. The van der Waals surface area contributed by atoms with E-state index in [9.17, 15) is 0 Å². The molecule has 1 heterocycles. The first-order chi connectivity index (χ1) is 15.2. The van der Waals surface area contributed by atoms with Gasteiger partial charge in [0.05, 0.1) is 19.9 Å². The van der Waals surface area contributed by atoms with Crippen molar-refractivity contribution in [3.8, 4) is 17.2 Å². The molecular formula is C25H32N2O4. The van der Waals surface area contributed by atoms with Crippen LogP contribution in [0.4, 0.5) is 0 Å². The first-order valence-electron chi connectivity index (χ1n) is 10.9. The number of hydrogen-bond acceptors (Lipinski definition) is 6. The summed E-state index contributed by atoms with van der Waals surface area (Å²) in [5.41, 5.74) is 2.58. The van der Waals surface area contributed by atoms with E-state index < -0.39 is 0 Å². The van der Waals surface area contributed by atoms with Crippen molar-refractivity contribution in [2.75, 3.05) is 41.0 Å². The van der Waals surface area contributed by atoms with Gasteiger partial charge in [-0.1, -0.05) is 29.4 Å². The zero-order chi connectivity index (χ0) is 21.7. The van der Waals surface area contributed by atoms with E-state index in [1.54, 1.807) is 14.2 Å². The third kappa shape index (κ3) is 4.49. The highest BCUT2D eigenvalue weighted by Crippen LogP contribution is 2.49. The Labute approximate surface area is 184 Å². The van der Waals surface area contributed by atoms with Crippen molar-refractivity contribution in [3.63, 3.8) is 0 Å². The van der Waals surface area contributed by atoms with Crippen LogP contribution in [0.2, 0.25) is 0 Å². The number of ether oxygens (including phenoxy) is 3. The van der Waals surface area contributed by atoms with E-state index in [1.807, 2.05) is 36.4 Å². The summed E-state index contributed by atoms with van der Waals surface area (Å²) < 4.78 is 16.7. The molecule has 4 rings (SSSR count). The van der Waals surface area contributed by atoms with E-state index in [1.165, 1.54) is 5.56 Å². The second-order valence-electron chi connectivity index (χ2n) is 8.33. The van der Waals surface area contributed by atoms with E-state index in [2.05, 4.69) is 29.2 Å². The minimum absolute atomic E-state index is 0.115. The summed E-state index contributed by atoms with van der Waals surface area (Å²) in [6.45, 7) is 2.01. The summed E-state index contributed by atoms with van der Waals surface area (Å²) >= 11 is 0. The second-order valence-corrected chi connectivity index (χ2v) is 8.33. The lowest BCUT2D eigenvalue weighted by molar-refractivity contribution is 0.104. The predicted molar refractivity (Wildman–Crippen MR) is 121 cm³/mol. The fourth-order valence-electron chi connectivity index (χ4n) is 5.02. The number of nitrogens with zero attached hydrogens (tertiary/aromatic N) is 2. The van der Waals surface area contributed by atoms with Crippen molar-refractivity contribution in [3.05, 3.63) is 54.1 Å². The molecule has 0 N–H and O–H groups in total. The molecule has 1 saturated carbocycles. The van der Waals surface area contributed by atoms with E-state index in [0.29, 0.717) is 19.3 Å². The highest BCUT2D eigenvalue weighted by molar-refractivity contribution is 5.86. The maximum Gasteiger partial charge on any atom is 0.161 e. The van der Waals surface area contributed by atoms with Crippen LogP contribution in [0.15, 0.2) is 53.7 Å². The first-order valence-corrected chi connectivity index (χ1v) is 10.9. The molecule has 2 unspecified atom stereocenters. The van der Waals surface area contributed by atoms with Gasteiger partial charge in [0.15, 0.2) is 18.1 Å². The molecule has 6 nitrogen and oxygen atoms in total. The summed E-state index contributed by atoms with van der Waals surface area (Å²) in [5.74, 6) is 2.42. The molecule has 0 amide bonds. The molecule has 0 radical (unpaired) electrons. The average molecular weight is 425 g/mol. The van der Waals surface area contributed by atoms with Gasteiger partial charge in [0, 0.05) is 17.9 Å². The Morgan fingerprint density at radius 2 is 1.81 bits per heavy atom. The van der Waals surface area contributed by atoms with Crippen molar-refractivity contribution < 1.29 is 19.0 Å². The highest BCUT2D eigenvalue weighted by atomic mass is 16.6. The summed E-state index contributed by atoms with van der Waals surface area (Å²) in [5, 5.41) is 4.46. The Bertz CT molecular complexity index is 902. The molecule has 1 aliphatic heterocycles. The van der Waals surface area contributed by atoms with Crippen LogP contribution in [0.25, 0.3) is 0 Å². The molecule has 0 spiro atoms. The molecule has 2 aromatic carbocycles. The Balaban J connectivity index is 1.40. The molecule has 1 aliphatic carbocycles. The van der Waals surface area contributed by atoms with Gasteiger partial charge in [-0.25, -0.2) is 0 Å². The van der Waals surface area contributed by atoms with Gasteiger partial charge >= 0.3 is 0 Å². The van der Waals surface area contributed by atoms with Gasteiger partial charge < -0.3 is 23.9 Å². The predicted octanol–water partition coefficient (Wildman–Crippen LogP) is 4.28. The maximum atomic E-state index is 5.67. The molecule has 6 heteroatoms. The fourth-order valence-corrected chi connectivity index (χ4v) is 5.02. The number of likely N-dealkylation sites (N-methyl/N-ethyl adjacent to an activating group) is 1. The normalized spacial score (nSPS) is 24.6. The SMILES string of the molecule is COc1ccc(C23CC/C(=N\OCCOc4ccccc4)CC2N(C)CC3)cc1OC. The Morgan fingerprint density at radius 1 is 1.00 bits per heavy atom. The van der Waals surface area contributed by atoms with Crippen molar-refractivity contribution in [1.29, 1.82) is 0 Å². The minimum Gasteiger partial charge on any atom is -0.493 e. The lowest BCUT2D eigenvalue weighted by atomic mass is 9.65. The number of para-hydroxylation sites is 1. The first kappa shape index (κ1) is 21.5. The molecule has 31 heavy (non-hydrogen) atoms. The average Bonchev–Trinajstić information content (AvgIpc) is 3.16. The standard InChI is InChI=1S/C25H32N2O4/c1-27-14-13-25(19-9-10-22(28-2)23(17-19)29-3)12-11-20(18-24(25)27)26-31-16-15-30-21-7-5-4-6-8-21/h4-10,17,24H,11-16,18H2,1-3H3/b26-20+. The fraction of sp³-hybridized carbons (Fsp3) is 0.480. The van der Waals surface area contributed by atoms with Crippen LogP contribution in [0, 0.1) is 0 Å². The van der Waals surface area contributed by atoms with Crippen LogP contribution in [0.3, 0.4) is 0 Å². The number of hydrogen-bond donors (Lipinski definition) is 0. The number of methoxy groups -OCH3 is 2. The van der Waals surface area contributed by atoms with E-state index in [-0.39, 0.29) is 5.41 Å². The van der Waals surface area contributed by atoms with E-state index in [0.717, 1.165) is 55.2 Å². The van der Waals surface area contributed by atoms with Gasteiger partial charge in [-0.05, 0) is 62.7 Å². The summed E-state index contributed by atoms with van der Waals surface area (Å²) in [6.07, 6.45) is 4.06. The molecule has 2 fully saturated rings. The van der Waals surface area contributed by atoms with Gasteiger partial charge in [-0.15, -0.1) is 0 Å². The van der Waals surface area contributed by atoms with Crippen molar-refractivity contribution >= 4 is 5.71 Å². The van der Waals surface area contributed by atoms with Gasteiger partial charge in [0.1, 0.15) is 12.4 Å². The van der Waals surface area contributed by atoms with Crippen molar-refractivity contribution in [2.24, 2.45) is 5.16 Å². The molecule has 2 aliphatic rings. The van der Waals surface area contributed by atoms with Crippen LogP contribution >= 0.6 is 0 Å². The molecule has 0 bridgehead atoms. The van der Waals surface area contributed by atoms with E-state index in [4.69, 9.17) is 19.0 Å². The van der Waals surface area contributed by atoms with Crippen molar-refractivity contribution in [1.82, 2.24) is 4.90 Å². The Hall–Kier alpha value is -2.73. The summed E-state index contributed by atoms with van der Waals surface area (Å²) in [6, 6.07) is 16.6. The number of fused-ring (bicyclic) bond motifs is 1. The molecule has 2 atom stereocenters. The zero-order valence-corrected chi connectivity index (χ0v) is 18.7. The van der Waals surface area contributed by atoms with Gasteiger partial charge in [-0.2, -0.15) is 0 Å². The van der Waals surface area contributed by atoms with E-state index >= 15 is 0 Å². The van der Waals surface area contributed by atoms with Crippen LogP contribution in [-0.4, -0.2) is 57.7 Å². The molecular weight excluding hydrogens is 392 g/mol. The highest BCUT2D eigenvalue weighted by Gasteiger charge is 2.50. The number of rotatable bonds is 8. The molecule has 0 aromatic heterocycles. The lowest BCUT2D eigenvalue weighted by Crippen LogP contribution is -2.46. The number of benzene rings is 2. The largest absolute Gasteiger partial charge is 0.493 e. The Morgan fingerprint density at radius 3 is 2.58 bits per heavy atom. The molecule has 1 saturated heterocycles. The minimum atomic E-state index is 0.115. The number of likely N-dealkylation sites (tertiary alicyclic amines) is 1. The number of oxime groups is 1. The zero-order valence-electron chi connectivity index (χ0n) is 18.7. The summed E-state index contributed by atoms with van der Waals surface area (Å²) in [7, 11) is 5.59. The molecule has 2 aromatic rings. The second kappa shape index (κ2) is 9.60. The lowest BCUT2D eigenvalue weighted by Gasteiger charge is -2.42. The van der Waals surface area contributed by atoms with Gasteiger partial charge in [0.2, 0.25) is 0 Å². The topological polar surface area (TPSA) is 52.5 Å². The summed E-state index contributed by atoms with van der Waals surface area (Å²) in [4.78, 5) is 8.05. The monoisotopic (exact) mass is 424 g/mol. The van der Waals surface area contributed by atoms with Gasteiger partial charge in [-0.3, -0.25) is 0 Å². The van der Waals surface area contributed by atoms with Gasteiger partial charge in [0.25, 0.3) is 0 Å². The van der Waals surface area contributed by atoms with Crippen LogP contribution in [-0.2, 0) is 10.3 Å². The maximum absolute atomic E-state index is 5.67. The smallest absolute Gasteiger partial charge is 0.161 e. The molecule has 166 valence electrons. The van der Waals surface area contributed by atoms with Crippen LogP contribution < -0.4 is 14.2 Å². The Kier molecular flexibility index (Phi) is 6.66.